The minimum Gasteiger partial charge on any atom is -0.389 e. The molecular formula is C20H27FN10O10P2S2. The molecule has 4 saturated heterocycles. The van der Waals surface area contributed by atoms with Gasteiger partial charge in [-0.05, 0) is 11.8 Å². The van der Waals surface area contributed by atoms with Crippen molar-refractivity contribution < 1.29 is 51.5 Å². The normalized spacial score (nSPS) is 45.4. The molecule has 20 nitrogen and oxygen atoms in total. The van der Waals surface area contributed by atoms with Gasteiger partial charge in [-0.3, -0.25) is 39.0 Å². The molecule has 246 valence electrons. The third kappa shape index (κ3) is 5.78. The van der Waals surface area contributed by atoms with Crippen LogP contribution in [0, 0.1) is 0 Å². The lowest BCUT2D eigenvalue weighted by molar-refractivity contribution is -0.127. The van der Waals surface area contributed by atoms with Crippen LogP contribution >= 0.6 is 26.3 Å². The van der Waals surface area contributed by atoms with Crippen LogP contribution in [0.2, 0.25) is 0 Å². The number of alkyl halides is 1. The van der Waals surface area contributed by atoms with Gasteiger partial charge in [0.05, 0.1) is 37.2 Å². The molecule has 7 rings (SSSR count). The Bertz CT molecular complexity index is 1630. The molecule has 0 radical (unpaired) electrons. The highest BCUT2D eigenvalue weighted by molar-refractivity contribution is 8.07. The first-order valence-electron chi connectivity index (χ1n) is 13.3. The third-order valence-corrected chi connectivity index (χ3v) is 11.8. The number of anilines is 1. The van der Waals surface area contributed by atoms with Crippen LogP contribution in [0.1, 0.15) is 6.23 Å². The summed E-state index contributed by atoms with van der Waals surface area (Å²) in [6, 6.07) is -0.878. The Morgan fingerprint density at radius 1 is 1.18 bits per heavy atom. The molecule has 1 amide bonds. The lowest BCUT2D eigenvalue weighted by Crippen LogP contribution is -2.70. The molecular weight excluding hydrogens is 685 g/mol. The number of halogens is 1. The van der Waals surface area contributed by atoms with Crippen LogP contribution in [0.3, 0.4) is 0 Å². The number of imidazole rings is 1. The standard InChI is InChI=1S/C20H27FN10O10P2S2/c21-8-12-6(39-18(8)30-4-26-9-14(22)24-3-25-15(9)30)1-38-43(36,44)41-13-11(32)7(2-37-42(34,35)40-12)45-19(13)31-5-27-10-16(31)28-20(23)29-17(10)33/h3-8,10-13,16,18-20,28,32H,1-2,23H2,(H,29,33)(H,34,35)(H,36,44)(H2,22,24,25)/t6-,7-,8+,10?,11-,12-,13-,16?,18-,19-,20?,43?/m1/s1. The van der Waals surface area contributed by atoms with E-state index < -0.39 is 99.6 Å². The fourth-order valence-electron chi connectivity index (χ4n) is 5.69. The van der Waals surface area contributed by atoms with Gasteiger partial charge in [-0.15, -0.1) is 11.8 Å². The molecule has 45 heavy (non-hydrogen) atoms. The number of carbonyl (C=O) groups excluding carboxylic acids is 1. The summed E-state index contributed by atoms with van der Waals surface area (Å²) < 4.78 is 57.9. The first-order chi connectivity index (χ1) is 21.3. The highest BCUT2D eigenvalue weighted by Gasteiger charge is 2.56. The molecule has 7 heterocycles. The van der Waals surface area contributed by atoms with Gasteiger partial charge in [0.25, 0.3) is 5.91 Å². The number of rotatable bonds is 2. The molecule has 0 spiro atoms. The van der Waals surface area contributed by atoms with Crippen molar-refractivity contribution in [1.29, 1.82) is 0 Å². The molecule has 25 heteroatoms. The summed E-state index contributed by atoms with van der Waals surface area (Å²) >= 11 is 6.29. The van der Waals surface area contributed by atoms with E-state index in [1.165, 1.54) is 17.2 Å². The number of phosphoric ester groups is 1. The van der Waals surface area contributed by atoms with E-state index >= 15 is 4.39 Å². The quantitative estimate of drug-likeness (QED) is 0.160. The first-order valence-corrected chi connectivity index (χ1v) is 18.3. The van der Waals surface area contributed by atoms with Crippen LogP contribution in [-0.4, -0.2) is 124 Å². The van der Waals surface area contributed by atoms with Gasteiger partial charge < -0.3 is 40.1 Å². The number of thioether (sulfide) groups is 1. The summed E-state index contributed by atoms with van der Waals surface area (Å²) in [7, 11) is -5.01. The number of amides is 1. The summed E-state index contributed by atoms with van der Waals surface area (Å²) in [5.41, 5.74) is 12.0. The number of nitrogens with zero attached hydrogens (tertiary/aromatic N) is 6. The number of aliphatic hydroxyl groups is 1. The van der Waals surface area contributed by atoms with E-state index in [0.29, 0.717) is 0 Å². The minimum absolute atomic E-state index is 0.0368. The number of ether oxygens (including phenoxy) is 1. The summed E-state index contributed by atoms with van der Waals surface area (Å²) in [6.45, 7) is -5.45. The Balaban J connectivity index is 1.16. The maximum absolute atomic E-state index is 16.0. The first kappa shape index (κ1) is 31.6. The number of aliphatic hydroxyl groups excluding tert-OH is 1. The number of aliphatic imine (C=N–C) groups is 1. The van der Waals surface area contributed by atoms with Crippen molar-refractivity contribution >= 4 is 67.3 Å². The van der Waals surface area contributed by atoms with Crippen LogP contribution in [0.5, 0.6) is 0 Å². The van der Waals surface area contributed by atoms with E-state index in [4.69, 9.17) is 46.1 Å². The average Bonchev–Trinajstić information content (AvgIpc) is 3.72. The maximum Gasteiger partial charge on any atom is 0.472 e. The molecule has 4 fully saturated rings. The lowest BCUT2D eigenvalue weighted by atomic mass is 10.1. The number of aromatic nitrogens is 4. The van der Waals surface area contributed by atoms with E-state index in [-0.39, 0.29) is 17.0 Å². The molecule has 13 atom stereocenters. The van der Waals surface area contributed by atoms with Gasteiger partial charge in [0.1, 0.15) is 48.0 Å². The van der Waals surface area contributed by atoms with Gasteiger partial charge in [-0.1, -0.05) is 0 Å². The number of fused-ring (bicyclic) bond motifs is 5. The fraction of sp³-hybridized carbons (Fsp3) is 0.650. The molecule has 0 saturated carbocycles. The van der Waals surface area contributed by atoms with E-state index in [1.54, 1.807) is 4.90 Å². The highest BCUT2D eigenvalue weighted by atomic mass is 32.5. The minimum atomic E-state index is -5.01. The van der Waals surface area contributed by atoms with Crippen molar-refractivity contribution in [2.45, 2.75) is 65.9 Å². The number of nitrogens with two attached hydrogens (primary N) is 2. The molecule has 0 aromatic carbocycles. The predicted octanol–water partition coefficient (Wildman–Crippen LogP) is -2.42. The lowest BCUT2D eigenvalue weighted by Gasteiger charge is -2.39. The van der Waals surface area contributed by atoms with Crippen molar-refractivity contribution in [2.24, 2.45) is 10.7 Å². The fourth-order valence-corrected chi connectivity index (χ4v) is 9.78. The molecule has 5 unspecified atom stereocenters. The molecule has 9 N–H and O–H groups in total. The summed E-state index contributed by atoms with van der Waals surface area (Å²) in [4.78, 5) is 52.0. The van der Waals surface area contributed by atoms with Crippen LogP contribution in [-0.2, 0) is 44.0 Å². The Labute approximate surface area is 261 Å². The third-order valence-electron chi connectivity index (χ3n) is 7.75. The van der Waals surface area contributed by atoms with Crippen molar-refractivity contribution in [1.82, 2.24) is 35.1 Å². The Kier molecular flexibility index (Phi) is 8.18. The molecule has 2 aromatic rings. The van der Waals surface area contributed by atoms with Crippen molar-refractivity contribution in [3.63, 3.8) is 0 Å². The average molecular weight is 713 g/mol. The number of nitrogen functional groups attached to an aromatic ring is 1. The summed E-state index contributed by atoms with van der Waals surface area (Å²) in [5.74, 6) is -0.396. The van der Waals surface area contributed by atoms with Gasteiger partial charge in [-0.25, -0.2) is 23.9 Å². The van der Waals surface area contributed by atoms with Crippen LogP contribution in [0.4, 0.5) is 10.2 Å². The monoisotopic (exact) mass is 712 g/mol. The predicted molar refractivity (Wildman–Crippen MR) is 155 cm³/mol. The Hall–Kier alpha value is -1.95. The number of phosphoric acid groups is 1. The van der Waals surface area contributed by atoms with Gasteiger partial charge >= 0.3 is 14.5 Å². The van der Waals surface area contributed by atoms with E-state index in [0.717, 1.165) is 18.1 Å². The molecule has 5 aliphatic rings. The van der Waals surface area contributed by atoms with Gasteiger partial charge in [0, 0.05) is 0 Å². The second kappa shape index (κ2) is 11.6. The molecule has 2 aromatic heterocycles. The number of carbonyl (C=O) groups is 1. The zero-order chi connectivity index (χ0) is 31.8. The molecule has 2 bridgehead atoms. The van der Waals surface area contributed by atoms with Gasteiger partial charge in [0.2, 0.25) is 0 Å². The van der Waals surface area contributed by atoms with Gasteiger partial charge in [0.15, 0.2) is 29.9 Å². The van der Waals surface area contributed by atoms with Crippen molar-refractivity contribution in [2.75, 3.05) is 18.9 Å². The zero-order valence-corrected chi connectivity index (χ0v) is 26.0. The van der Waals surface area contributed by atoms with Gasteiger partial charge in [-0.2, -0.15) is 0 Å². The van der Waals surface area contributed by atoms with E-state index in [9.17, 15) is 24.3 Å². The van der Waals surface area contributed by atoms with E-state index in [1.807, 2.05) is 0 Å². The summed E-state index contributed by atoms with van der Waals surface area (Å²) in [6.07, 6.45) is -7.41. The van der Waals surface area contributed by atoms with Crippen molar-refractivity contribution in [3.8, 4) is 0 Å². The van der Waals surface area contributed by atoms with Crippen molar-refractivity contribution in [3.05, 3.63) is 12.7 Å². The number of hydrogen-bond acceptors (Lipinski definition) is 18. The smallest absolute Gasteiger partial charge is 0.389 e. The summed E-state index contributed by atoms with van der Waals surface area (Å²) in [5, 5.41) is 14.9. The maximum atomic E-state index is 16.0. The second-order valence-electron chi connectivity index (χ2n) is 10.6. The molecule has 5 aliphatic heterocycles. The number of nitrogens with one attached hydrogen (secondary N) is 2. The second-order valence-corrected chi connectivity index (χ2v) is 16.1. The molecule has 0 aliphatic carbocycles. The van der Waals surface area contributed by atoms with Crippen LogP contribution in [0.15, 0.2) is 17.6 Å². The number of hydrogen-bond donors (Lipinski definition) is 7. The topological polar surface area (TPSA) is 276 Å². The van der Waals surface area contributed by atoms with Crippen LogP contribution in [0.25, 0.3) is 11.2 Å². The van der Waals surface area contributed by atoms with E-state index in [2.05, 4.69) is 30.6 Å². The zero-order valence-electron chi connectivity index (χ0n) is 22.6. The highest BCUT2D eigenvalue weighted by Crippen LogP contribution is 2.55. The van der Waals surface area contributed by atoms with Crippen LogP contribution < -0.4 is 22.1 Å². The SMILES string of the molecule is Nc1ncnc2c1ncn2[C@@H]1O[C@@H]2COP(O)(=S)O[C@@H]3[C@H](O)[C@@H](COP(=O)(O)O[C@H]2[C@@H]1F)S[C@H]3N1C=NC2C(=O)NC(N)NC21. The largest absolute Gasteiger partial charge is 0.472 e. The Morgan fingerprint density at radius 3 is 2.78 bits per heavy atom. The Morgan fingerprint density at radius 2 is 1.98 bits per heavy atom.